The number of aliphatic hydroxyl groups excluding tert-OH is 1. The van der Waals surface area contributed by atoms with Crippen molar-refractivity contribution in [2.24, 2.45) is 0 Å². The van der Waals surface area contributed by atoms with Gasteiger partial charge in [-0.05, 0) is 36.4 Å². The summed E-state index contributed by atoms with van der Waals surface area (Å²) in [6.45, 7) is -1.21. The topological polar surface area (TPSA) is 90.8 Å². The number of aliphatic hydroxyl groups is 1. The third-order valence-corrected chi connectivity index (χ3v) is 6.10. The van der Waals surface area contributed by atoms with Crippen LogP contribution in [0.2, 0.25) is 15.1 Å². The molecule has 1 unspecified atom stereocenters. The number of hydrogen-bond acceptors (Lipinski definition) is 5. The van der Waals surface area contributed by atoms with Crippen LogP contribution in [0.4, 0.5) is 22.0 Å². The number of aromatic nitrogens is 6. The minimum absolute atomic E-state index is 0.00735. The quantitative estimate of drug-likeness (QED) is 0.291. The van der Waals surface area contributed by atoms with Gasteiger partial charge < -0.3 is 5.11 Å². The van der Waals surface area contributed by atoms with E-state index in [0.717, 1.165) is 4.68 Å². The molecule has 2 aromatic heterocycles. The Morgan fingerprint density at radius 3 is 2.13 bits per heavy atom. The Morgan fingerprint density at radius 2 is 1.58 bits per heavy atom. The fourth-order valence-corrected chi connectivity index (χ4v) is 4.17. The normalized spacial score (nSPS) is 13.2. The Bertz CT molecular complexity index is 1510. The molecular weight excluding hydrogens is 582 g/mol. The molecule has 0 radical (unpaired) electrons. The van der Waals surface area contributed by atoms with E-state index < -0.39 is 42.8 Å². The van der Waals surface area contributed by atoms with Crippen LogP contribution in [0.3, 0.4) is 0 Å². The van der Waals surface area contributed by atoms with Crippen molar-refractivity contribution >= 4 is 34.8 Å². The molecule has 16 heteroatoms. The fraction of sp³-hybridized carbons (Fsp3) is 0.273. The Hall–Kier alpha value is -3.00. The molecule has 38 heavy (non-hydrogen) atoms. The Kier molecular flexibility index (Phi) is 7.58. The second kappa shape index (κ2) is 10.3. The van der Waals surface area contributed by atoms with E-state index in [1.54, 1.807) is 0 Å². The molecule has 202 valence electrons. The molecule has 4 rings (SSSR count). The van der Waals surface area contributed by atoms with E-state index in [-0.39, 0.29) is 32.9 Å². The standard InChI is InChI=1S/C22H16Cl3F5N6O2/c1-21(26,27)19-31-16(32-36(19)17-13(24)3-2-4-14(17)25)10-35-20(38)34(9-15(37)22(28,29)30)18(33-35)11-5-7-12(23)8-6-11/h2-8,15,37H,9-10H2,1H3. The molecule has 0 aliphatic heterocycles. The summed E-state index contributed by atoms with van der Waals surface area (Å²) < 4.78 is 70.1. The van der Waals surface area contributed by atoms with Crippen LogP contribution < -0.4 is 5.69 Å². The first-order valence-corrected chi connectivity index (χ1v) is 11.8. The van der Waals surface area contributed by atoms with E-state index in [9.17, 15) is 31.9 Å². The van der Waals surface area contributed by atoms with Crippen molar-refractivity contribution in [1.82, 2.24) is 29.1 Å². The summed E-state index contributed by atoms with van der Waals surface area (Å²) in [5, 5.41) is 18.0. The molecule has 2 aromatic carbocycles. The first kappa shape index (κ1) is 28.0. The molecule has 1 N–H and O–H groups in total. The van der Waals surface area contributed by atoms with Gasteiger partial charge in [0, 0.05) is 17.5 Å². The van der Waals surface area contributed by atoms with Crippen molar-refractivity contribution in [1.29, 1.82) is 0 Å². The Morgan fingerprint density at radius 1 is 0.974 bits per heavy atom. The molecule has 0 bridgehead atoms. The maximum Gasteiger partial charge on any atom is 0.416 e. The predicted octanol–water partition coefficient (Wildman–Crippen LogP) is 5.34. The van der Waals surface area contributed by atoms with E-state index in [1.807, 2.05) is 0 Å². The van der Waals surface area contributed by atoms with Gasteiger partial charge in [0.2, 0.25) is 5.82 Å². The average molecular weight is 598 g/mol. The zero-order valence-electron chi connectivity index (χ0n) is 19.1. The summed E-state index contributed by atoms with van der Waals surface area (Å²) in [6.07, 6.45) is -7.90. The molecule has 0 spiro atoms. The molecule has 0 saturated heterocycles. The summed E-state index contributed by atoms with van der Waals surface area (Å²) in [5.41, 5.74) is -0.948. The number of hydrogen-bond donors (Lipinski definition) is 1. The van der Waals surface area contributed by atoms with Gasteiger partial charge in [-0.1, -0.05) is 40.9 Å². The van der Waals surface area contributed by atoms with Crippen molar-refractivity contribution in [2.75, 3.05) is 0 Å². The minimum Gasteiger partial charge on any atom is -0.382 e. The largest absolute Gasteiger partial charge is 0.416 e. The van der Waals surface area contributed by atoms with E-state index in [0.29, 0.717) is 21.2 Å². The monoisotopic (exact) mass is 596 g/mol. The van der Waals surface area contributed by atoms with Gasteiger partial charge in [-0.25, -0.2) is 19.1 Å². The van der Waals surface area contributed by atoms with Gasteiger partial charge in [-0.2, -0.15) is 22.0 Å². The number of benzene rings is 2. The first-order chi connectivity index (χ1) is 17.7. The van der Waals surface area contributed by atoms with Gasteiger partial charge in [-0.15, -0.1) is 10.2 Å². The maximum atomic E-state index is 14.4. The zero-order valence-corrected chi connectivity index (χ0v) is 21.4. The third kappa shape index (κ3) is 5.70. The lowest BCUT2D eigenvalue weighted by atomic mass is 10.2. The van der Waals surface area contributed by atoms with Crippen LogP contribution in [0, 0.1) is 0 Å². The second-order valence-corrected chi connectivity index (χ2v) is 9.41. The molecule has 0 aliphatic carbocycles. The lowest BCUT2D eigenvalue weighted by molar-refractivity contribution is -0.207. The zero-order chi connectivity index (χ0) is 28.0. The SMILES string of the molecule is CC(F)(F)c1nc(Cn2nc(-c3ccc(Cl)cc3)n(CC(O)C(F)(F)F)c2=O)nn1-c1c(Cl)cccc1Cl. The van der Waals surface area contributed by atoms with Crippen molar-refractivity contribution in [2.45, 2.75) is 38.2 Å². The molecule has 1 atom stereocenters. The smallest absolute Gasteiger partial charge is 0.382 e. The molecule has 4 aromatic rings. The van der Waals surface area contributed by atoms with Crippen LogP contribution in [0.25, 0.3) is 17.1 Å². The lowest BCUT2D eigenvalue weighted by Crippen LogP contribution is -2.37. The molecule has 0 saturated carbocycles. The molecule has 8 nitrogen and oxygen atoms in total. The maximum absolute atomic E-state index is 14.4. The highest BCUT2D eigenvalue weighted by Gasteiger charge is 2.39. The van der Waals surface area contributed by atoms with Crippen LogP contribution in [0.15, 0.2) is 47.3 Å². The van der Waals surface area contributed by atoms with Crippen LogP contribution in [0.1, 0.15) is 18.6 Å². The summed E-state index contributed by atoms with van der Waals surface area (Å²) >= 11 is 18.2. The summed E-state index contributed by atoms with van der Waals surface area (Å²) in [6, 6.07) is 9.97. The summed E-state index contributed by atoms with van der Waals surface area (Å²) in [7, 11) is 0. The van der Waals surface area contributed by atoms with Gasteiger partial charge in [0.05, 0.1) is 16.6 Å². The van der Waals surface area contributed by atoms with Crippen LogP contribution in [-0.2, 0) is 19.0 Å². The first-order valence-electron chi connectivity index (χ1n) is 10.6. The highest BCUT2D eigenvalue weighted by atomic mass is 35.5. The van der Waals surface area contributed by atoms with Crippen LogP contribution in [0.5, 0.6) is 0 Å². The molecule has 0 amide bonds. The number of rotatable bonds is 7. The predicted molar refractivity (Wildman–Crippen MR) is 129 cm³/mol. The number of nitrogens with zero attached hydrogens (tertiary/aromatic N) is 6. The molecule has 0 aliphatic rings. The van der Waals surface area contributed by atoms with Gasteiger partial charge >= 0.3 is 17.8 Å². The van der Waals surface area contributed by atoms with Gasteiger partial charge in [-0.3, -0.25) is 4.57 Å². The number of halogens is 8. The summed E-state index contributed by atoms with van der Waals surface area (Å²) in [4.78, 5) is 16.9. The minimum atomic E-state index is -5.02. The fourth-order valence-electron chi connectivity index (χ4n) is 3.48. The molecule has 0 fully saturated rings. The number of para-hydroxylation sites is 1. The second-order valence-electron chi connectivity index (χ2n) is 8.16. The average Bonchev–Trinajstić information content (AvgIpc) is 3.36. The van der Waals surface area contributed by atoms with Gasteiger partial charge in [0.1, 0.15) is 12.2 Å². The van der Waals surface area contributed by atoms with Crippen molar-refractivity contribution in [3.63, 3.8) is 0 Å². The van der Waals surface area contributed by atoms with Crippen LogP contribution >= 0.6 is 34.8 Å². The van der Waals surface area contributed by atoms with Gasteiger partial charge in [0.15, 0.2) is 17.8 Å². The third-order valence-electron chi connectivity index (χ3n) is 5.24. The highest BCUT2D eigenvalue weighted by molar-refractivity contribution is 6.37. The number of alkyl halides is 5. The van der Waals surface area contributed by atoms with E-state index in [4.69, 9.17) is 34.8 Å². The lowest BCUT2D eigenvalue weighted by Gasteiger charge is -2.15. The molecular formula is C22H16Cl3F5N6O2. The highest BCUT2D eigenvalue weighted by Crippen LogP contribution is 2.33. The summed E-state index contributed by atoms with van der Waals surface area (Å²) in [5.74, 6) is -4.93. The Labute approximate surface area is 225 Å². The Balaban J connectivity index is 1.82. The molecule has 2 heterocycles. The van der Waals surface area contributed by atoms with Gasteiger partial charge in [0.25, 0.3) is 0 Å². The van der Waals surface area contributed by atoms with E-state index in [2.05, 4.69) is 15.2 Å². The van der Waals surface area contributed by atoms with Crippen LogP contribution in [-0.4, -0.2) is 46.5 Å². The van der Waals surface area contributed by atoms with Crippen molar-refractivity contribution in [3.8, 4) is 17.1 Å². The van der Waals surface area contributed by atoms with Crippen molar-refractivity contribution < 1.29 is 27.1 Å². The van der Waals surface area contributed by atoms with E-state index in [1.165, 1.54) is 42.5 Å². The van der Waals surface area contributed by atoms with E-state index >= 15 is 0 Å². The van der Waals surface area contributed by atoms with Crippen molar-refractivity contribution in [3.05, 3.63) is 79.7 Å².